The van der Waals surface area contributed by atoms with Crippen LogP contribution in [0.4, 0.5) is 5.69 Å². The smallest absolute Gasteiger partial charge is 0.264 e. The van der Waals surface area contributed by atoms with Crippen LogP contribution in [-0.4, -0.2) is 45.9 Å². The molecule has 9 nitrogen and oxygen atoms in total. The number of sulfonamides is 1. The van der Waals surface area contributed by atoms with E-state index in [1.165, 1.54) is 32.4 Å². The Hall–Kier alpha value is -4.57. The average molecular weight is 547 g/mol. The second-order valence-electron chi connectivity index (χ2n) is 8.65. The minimum atomic E-state index is -4.14. The van der Waals surface area contributed by atoms with Gasteiger partial charge in [0.15, 0.2) is 0 Å². The number of carbonyl (C=O) groups excluding carboxylic acids is 1. The average Bonchev–Trinajstić information content (AvgIpc) is 3.24. The molecule has 0 atom stereocenters. The van der Waals surface area contributed by atoms with Crippen LogP contribution in [0, 0.1) is 13.8 Å². The van der Waals surface area contributed by atoms with Gasteiger partial charge in [-0.15, -0.1) is 0 Å². The highest BCUT2D eigenvalue weighted by Crippen LogP contribution is 2.35. The third-order valence-electron chi connectivity index (χ3n) is 6.15. The number of anilines is 1. The van der Waals surface area contributed by atoms with Gasteiger partial charge in [-0.05, 0) is 56.3 Å². The van der Waals surface area contributed by atoms with E-state index in [1.54, 1.807) is 36.5 Å². The maximum Gasteiger partial charge on any atom is 0.264 e. The van der Waals surface area contributed by atoms with Gasteiger partial charge in [0.1, 0.15) is 18.0 Å². The van der Waals surface area contributed by atoms with Crippen molar-refractivity contribution in [3.63, 3.8) is 0 Å². The molecule has 3 aromatic carbocycles. The van der Waals surface area contributed by atoms with Crippen molar-refractivity contribution in [2.75, 3.05) is 25.1 Å². The molecule has 0 aliphatic rings. The van der Waals surface area contributed by atoms with E-state index in [4.69, 9.17) is 9.47 Å². The summed E-state index contributed by atoms with van der Waals surface area (Å²) in [6, 6.07) is 24.5. The number of para-hydroxylation sites is 1. The number of hydrazone groups is 1. The van der Waals surface area contributed by atoms with E-state index in [2.05, 4.69) is 15.1 Å². The van der Waals surface area contributed by atoms with Gasteiger partial charge < -0.3 is 14.0 Å². The Bertz CT molecular complexity index is 1580. The summed E-state index contributed by atoms with van der Waals surface area (Å²) in [4.78, 5) is 13.0. The van der Waals surface area contributed by atoms with Crippen molar-refractivity contribution in [3.05, 3.63) is 102 Å². The standard InChI is InChI=1S/C29H30N4O5S/c1-21-17-23(22(2)33(21)24-11-7-5-8-12-24)19-30-31-29(34)20-32(39(35,36)26-13-9-6-10-14-26)27-18-25(37-3)15-16-28(27)38-4/h5-19H,20H2,1-4H3,(H,31,34)/b30-19-. The molecule has 0 bridgehead atoms. The predicted molar refractivity (Wildman–Crippen MR) is 151 cm³/mol. The molecule has 0 fully saturated rings. The Kier molecular flexibility index (Phi) is 8.36. The lowest BCUT2D eigenvalue weighted by Crippen LogP contribution is -2.39. The number of nitrogens with one attached hydrogen (secondary N) is 1. The quantitative estimate of drug-likeness (QED) is 0.234. The van der Waals surface area contributed by atoms with E-state index in [0.29, 0.717) is 5.75 Å². The molecule has 0 saturated carbocycles. The van der Waals surface area contributed by atoms with Crippen molar-refractivity contribution >= 4 is 27.8 Å². The summed E-state index contributed by atoms with van der Waals surface area (Å²) >= 11 is 0. The van der Waals surface area contributed by atoms with Gasteiger partial charge in [0.05, 0.1) is 31.0 Å². The first-order valence-corrected chi connectivity index (χ1v) is 13.6. The topological polar surface area (TPSA) is 102 Å². The zero-order valence-electron chi connectivity index (χ0n) is 22.2. The van der Waals surface area contributed by atoms with Gasteiger partial charge in [0.25, 0.3) is 15.9 Å². The number of rotatable bonds is 10. The molecule has 4 aromatic rings. The molecule has 0 aliphatic carbocycles. The Morgan fingerprint density at radius 2 is 1.62 bits per heavy atom. The second kappa shape index (κ2) is 11.9. The fourth-order valence-corrected chi connectivity index (χ4v) is 5.69. The highest BCUT2D eigenvalue weighted by molar-refractivity contribution is 7.92. The molecule has 39 heavy (non-hydrogen) atoms. The van der Waals surface area contributed by atoms with E-state index in [1.807, 2.05) is 50.2 Å². The normalized spacial score (nSPS) is 11.4. The van der Waals surface area contributed by atoms with Gasteiger partial charge in [-0.2, -0.15) is 5.10 Å². The number of ether oxygens (including phenoxy) is 2. The van der Waals surface area contributed by atoms with Gasteiger partial charge in [-0.25, -0.2) is 13.8 Å². The number of hydrogen-bond donors (Lipinski definition) is 1. The fourth-order valence-electron chi connectivity index (χ4n) is 4.24. The van der Waals surface area contributed by atoms with Crippen molar-refractivity contribution in [2.45, 2.75) is 18.7 Å². The van der Waals surface area contributed by atoms with E-state index in [9.17, 15) is 13.2 Å². The Morgan fingerprint density at radius 1 is 0.949 bits per heavy atom. The lowest BCUT2D eigenvalue weighted by atomic mass is 10.2. The molecule has 0 radical (unpaired) electrons. The van der Waals surface area contributed by atoms with E-state index >= 15 is 0 Å². The molecule has 1 aromatic heterocycles. The van der Waals surface area contributed by atoms with Gasteiger partial charge in [0, 0.05) is 28.7 Å². The van der Waals surface area contributed by atoms with Crippen LogP contribution in [0.5, 0.6) is 11.5 Å². The van der Waals surface area contributed by atoms with Gasteiger partial charge in [-0.3, -0.25) is 9.10 Å². The Balaban J connectivity index is 1.61. The summed E-state index contributed by atoms with van der Waals surface area (Å²) < 4.78 is 41.1. The van der Waals surface area contributed by atoms with E-state index in [-0.39, 0.29) is 16.3 Å². The van der Waals surface area contributed by atoms with E-state index in [0.717, 1.165) is 26.9 Å². The van der Waals surface area contributed by atoms with Gasteiger partial charge in [-0.1, -0.05) is 36.4 Å². The SMILES string of the molecule is COc1ccc(OC)c(N(CC(=O)N/N=C\c2cc(C)n(-c3ccccc3)c2C)S(=O)(=O)c2ccccc2)c1. The molecular weight excluding hydrogens is 516 g/mol. The molecule has 10 heteroatoms. The highest BCUT2D eigenvalue weighted by Gasteiger charge is 2.30. The summed E-state index contributed by atoms with van der Waals surface area (Å²) in [7, 11) is -1.25. The second-order valence-corrected chi connectivity index (χ2v) is 10.5. The molecule has 1 heterocycles. The summed E-state index contributed by atoms with van der Waals surface area (Å²) in [5, 5.41) is 4.11. The molecule has 1 N–H and O–H groups in total. The molecule has 0 saturated heterocycles. The lowest BCUT2D eigenvalue weighted by molar-refractivity contribution is -0.119. The van der Waals surface area contributed by atoms with Crippen molar-refractivity contribution in [2.24, 2.45) is 5.10 Å². The summed E-state index contributed by atoms with van der Waals surface area (Å²) in [5.41, 5.74) is 6.42. The van der Waals surface area contributed by atoms with Gasteiger partial charge >= 0.3 is 0 Å². The Morgan fingerprint density at radius 3 is 2.26 bits per heavy atom. The first-order valence-electron chi connectivity index (χ1n) is 12.1. The molecule has 0 aliphatic heterocycles. The van der Waals surface area contributed by atoms with Crippen molar-refractivity contribution in [1.82, 2.24) is 9.99 Å². The third kappa shape index (κ3) is 5.96. The zero-order valence-corrected chi connectivity index (χ0v) is 23.0. The minimum absolute atomic E-state index is 0.0273. The van der Waals surface area contributed by atoms with Crippen molar-refractivity contribution in [1.29, 1.82) is 0 Å². The maximum absolute atomic E-state index is 13.7. The van der Waals surface area contributed by atoms with Crippen LogP contribution in [0.25, 0.3) is 5.69 Å². The van der Waals surface area contributed by atoms with Gasteiger partial charge in [0.2, 0.25) is 0 Å². The number of methoxy groups -OCH3 is 2. The molecule has 0 unspecified atom stereocenters. The summed E-state index contributed by atoms with van der Waals surface area (Å²) in [5.74, 6) is 0.0405. The van der Waals surface area contributed by atoms with Crippen LogP contribution >= 0.6 is 0 Å². The summed E-state index contributed by atoms with van der Waals surface area (Å²) in [6.45, 7) is 3.41. The third-order valence-corrected chi connectivity index (χ3v) is 7.92. The van der Waals surface area contributed by atoms with Crippen LogP contribution in [-0.2, 0) is 14.8 Å². The molecule has 1 amide bonds. The fraction of sp³-hybridized carbons (Fsp3) is 0.172. The summed E-state index contributed by atoms with van der Waals surface area (Å²) in [6.07, 6.45) is 1.54. The first kappa shape index (κ1) is 27.5. The van der Waals surface area contributed by atoms with Crippen LogP contribution in [0.3, 0.4) is 0 Å². The maximum atomic E-state index is 13.7. The monoisotopic (exact) mass is 546 g/mol. The number of carbonyl (C=O) groups is 1. The molecule has 0 spiro atoms. The number of benzene rings is 3. The Labute approximate surface area is 228 Å². The number of aromatic nitrogens is 1. The number of hydrogen-bond acceptors (Lipinski definition) is 6. The predicted octanol–water partition coefficient (Wildman–Crippen LogP) is 4.46. The minimum Gasteiger partial charge on any atom is -0.497 e. The molecule has 4 rings (SSSR count). The van der Waals surface area contributed by atoms with E-state index < -0.39 is 22.5 Å². The lowest BCUT2D eigenvalue weighted by Gasteiger charge is -2.25. The van der Waals surface area contributed by atoms with Crippen LogP contribution in [0.1, 0.15) is 17.0 Å². The first-order chi connectivity index (χ1) is 18.8. The van der Waals surface area contributed by atoms with Crippen LogP contribution in [0.2, 0.25) is 0 Å². The zero-order chi connectivity index (χ0) is 28.0. The van der Waals surface area contributed by atoms with Crippen molar-refractivity contribution in [3.8, 4) is 17.2 Å². The van der Waals surface area contributed by atoms with Crippen molar-refractivity contribution < 1.29 is 22.7 Å². The number of aryl methyl sites for hydroxylation is 1. The van der Waals surface area contributed by atoms with Crippen LogP contribution < -0.4 is 19.2 Å². The number of amides is 1. The largest absolute Gasteiger partial charge is 0.497 e. The molecular formula is C29H30N4O5S. The van der Waals surface area contributed by atoms with Crippen LogP contribution in [0.15, 0.2) is 94.9 Å². The molecule has 202 valence electrons. The highest BCUT2D eigenvalue weighted by atomic mass is 32.2. The number of nitrogens with zero attached hydrogens (tertiary/aromatic N) is 3.